The first kappa shape index (κ1) is 16.0. The average Bonchev–Trinajstić information content (AvgIpc) is 2.36. The molecule has 3 nitrogen and oxygen atoms in total. The molecule has 1 rings (SSSR count). The molecular formula is C16H28N2O. The van der Waals surface area contributed by atoms with E-state index in [1.165, 1.54) is 11.1 Å². The Morgan fingerprint density at radius 3 is 2.74 bits per heavy atom. The zero-order valence-electron chi connectivity index (χ0n) is 12.5. The minimum absolute atomic E-state index is 0.315. The first-order chi connectivity index (χ1) is 9.13. The van der Waals surface area contributed by atoms with Crippen molar-refractivity contribution < 1.29 is 4.74 Å². The Morgan fingerprint density at radius 2 is 2.11 bits per heavy atom. The van der Waals surface area contributed by atoms with Gasteiger partial charge in [0.2, 0.25) is 0 Å². The quantitative estimate of drug-likeness (QED) is 0.674. The molecule has 1 aromatic carbocycles. The van der Waals surface area contributed by atoms with Gasteiger partial charge in [0.05, 0.1) is 6.61 Å². The van der Waals surface area contributed by atoms with Crippen molar-refractivity contribution >= 4 is 0 Å². The minimum atomic E-state index is 0.315. The van der Waals surface area contributed by atoms with Gasteiger partial charge in [0, 0.05) is 6.04 Å². The van der Waals surface area contributed by atoms with Crippen LogP contribution in [-0.2, 0) is 6.42 Å². The lowest BCUT2D eigenvalue weighted by Crippen LogP contribution is -2.21. The van der Waals surface area contributed by atoms with Crippen LogP contribution in [0.5, 0.6) is 5.75 Å². The summed E-state index contributed by atoms with van der Waals surface area (Å²) < 4.78 is 5.54. The number of rotatable bonds is 9. The van der Waals surface area contributed by atoms with Crippen molar-refractivity contribution in [2.45, 2.75) is 46.1 Å². The van der Waals surface area contributed by atoms with E-state index < -0.39 is 0 Å². The molecule has 0 spiro atoms. The monoisotopic (exact) mass is 264 g/mol. The second-order valence-corrected chi connectivity index (χ2v) is 5.15. The predicted molar refractivity (Wildman–Crippen MR) is 81.8 cm³/mol. The van der Waals surface area contributed by atoms with Crippen molar-refractivity contribution in [3.8, 4) is 5.75 Å². The predicted octanol–water partition coefficient (Wildman–Crippen LogP) is 2.65. The van der Waals surface area contributed by atoms with Crippen molar-refractivity contribution in [3.05, 3.63) is 29.3 Å². The largest absolute Gasteiger partial charge is 0.494 e. The highest BCUT2D eigenvalue weighted by Gasteiger charge is 2.00. The molecule has 108 valence electrons. The van der Waals surface area contributed by atoms with Crippen LogP contribution in [0.15, 0.2) is 18.2 Å². The van der Waals surface area contributed by atoms with Gasteiger partial charge in [0.15, 0.2) is 0 Å². The third-order valence-corrected chi connectivity index (χ3v) is 3.14. The van der Waals surface area contributed by atoms with Gasteiger partial charge < -0.3 is 15.8 Å². The summed E-state index contributed by atoms with van der Waals surface area (Å²) >= 11 is 0. The first-order valence-electron chi connectivity index (χ1n) is 7.32. The highest BCUT2D eigenvalue weighted by Crippen LogP contribution is 2.19. The van der Waals surface area contributed by atoms with Crippen LogP contribution in [0.25, 0.3) is 0 Å². The van der Waals surface area contributed by atoms with Gasteiger partial charge in [-0.3, -0.25) is 0 Å². The summed E-state index contributed by atoms with van der Waals surface area (Å²) in [7, 11) is 0. The van der Waals surface area contributed by atoms with E-state index in [9.17, 15) is 0 Å². The Hall–Kier alpha value is -1.06. The van der Waals surface area contributed by atoms with E-state index in [0.717, 1.165) is 44.7 Å². The Kier molecular flexibility index (Phi) is 7.53. The molecule has 0 heterocycles. The first-order valence-corrected chi connectivity index (χ1v) is 7.32. The molecule has 0 aromatic heterocycles. The molecule has 1 aromatic rings. The van der Waals surface area contributed by atoms with Gasteiger partial charge in [-0.15, -0.1) is 0 Å². The summed E-state index contributed by atoms with van der Waals surface area (Å²) in [6.07, 6.45) is 3.31. The van der Waals surface area contributed by atoms with E-state index in [2.05, 4.69) is 37.4 Å². The van der Waals surface area contributed by atoms with Crippen LogP contribution in [0.2, 0.25) is 0 Å². The second-order valence-electron chi connectivity index (χ2n) is 5.15. The maximum absolute atomic E-state index is 5.71. The lowest BCUT2D eigenvalue weighted by Gasteiger charge is -2.10. The van der Waals surface area contributed by atoms with E-state index in [-0.39, 0.29) is 0 Å². The van der Waals surface area contributed by atoms with Crippen molar-refractivity contribution in [1.82, 2.24) is 5.32 Å². The Balaban J connectivity index is 2.24. The highest BCUT2D eigenvalue weighted by molar-refractivity contribution is 5.36. The second kappa shape index (κ2) is 8.94. The number of hydrogen-bond donors (Lipinski definition) is 2. The van der Waals surface area contributed by atoms with Gasteiger partial charge in [-0.25, -0.2) is 0 Å². The molecular weight excluding hydrogens is 236 g/mol. The maximum Gasteiger partial charge on any atom is 0.122 e. The summed E-state index contributed by atoms with van der Waals surface area (Å²) in [5.41, 5.74) is 8.29. The molecule has 0 bridgehead atoms. The molecule has 0 aliphatic heterocycles. The maximum atomic E-state index is 5.71. The Labute approximate surface area is 117 Å². The SMILES string of the molecule is CCOc1ccc(CCNCCCC(C)N)cc1C. The van der Waals surface area contributed by atoms with Gasteiger partial charge in [0.25, 0.3) is 0 Å². The summed E-state index contributed by atoms with van der Waals surface area (Å²) in [4.78, 5) is 0. The van der Waals surface area contributed by atoms with Gasteiger partial charge in [-0.05, 0) is 70.3 Å². The van der Waals surface area contributed by atoms with E-state index in [4.69, 9.17) is 10.5 Å². The van der Waals surface area contributed by atoms with Gasteiger partial charge in [0.1, 0.15) is 5.75 Å². The fourth-order valence-corrected chi connectivity index (χ4v) is 2.09. The fraction of sp³-hybridized carbons (Fsp3) is 0.625. The summed E-state index contributed by atoms with van der Waals surface area (Å²) in [6, 6.07) is 6.76. The van der Waals surface area contributed by atoms with Crippen LogP contribution >= 0.6 is 0 Å². The zero-order valence-corrected chi connectivity index (χ0v) is 12.5. The van der Waals surface area contributed by atoms with Crippen LogP contribution in [0, 0.1) is 6.92 Å². The number of hydrogen-bond acceptors (Lipinski definition) is 3. The summed E-state index contributed by atoms with van der Waals surface area (Å²) in [5.74, 6) is 0.996. The Morgan fingerprint density at radius 1 is 1.32 bits per heavy atom. The van der Waals surface area contributed by atoms with Crippen LogP contribution in [-0.4, -0.2) is 25.7 Å². The standard InChI is InChI=1S/C16H28N2O/c1-4-19-16-8-7-15(12-13(16)2)9-11-18-10-5-6-14(3)17/h7-8,12,14,18H,4-6,9-11,17H2,1-3H3. The third-order valence-electron chi connectivity index (χ3n) is 3.14. The van der Waals surface area contributed by atoms with Crippen molar-refractivity contribution in [2.24, 2.45) is 5.73 Å². The van der Waals surface area contributed by atoms with Crippen molar-refractivity contribution in [2.75, 3.05) is 19.7 Å². The normalized spacial score (nSPS) is 12.4. The zero-order chi connectivity index (χ0) is 14.1. The molecule has 0 saturated heterocycles. The molecule has 1 unspecified atom stereocenters. The van der Waals surface area contributed by atoms with Gasteiger partial charge >= 0.3 is 0 Å². The Bertz CT molecular complexity index is 364. The number of aryl methyl sites for hydroxylation is 1. The molecule has 0 saturated carbocycles. The number of benzene rings is 1. The molecule has 3 N–H and O–H groups in total. The molecule has 0 fully saturated rings. The lowest BCUT2D eigenvalue weighted by molar-refractivity contribution is 0.338. The molecule has 0 aliphatic carbocycles. The summed E-state index contributed by atoms with van der Waals surface area (Å²) in [5, 5.41) is 3.46. The van der Waals surface area contributed by atoms with Crippen molar-refractivity contribution in [1.29, 1.82) is 0 Å². The fourth-order valence-electron chi connectivity index (χ4n) is 2.09. The van der Waals surface area contributed by atoms with E-state index in [1.807, 2.05) is 6.92 Å². The minimum Gasteiger partial charge on any atom is -0.494 e. The van der Waals surface area contributed by atoms with Crippen LogP contribution in [0.1, 0.15) is 37.8 Å². The lowest BCUT2D eigenvalue weighted by atomic mass is 10.1. The van der Waals surface area contributed by atoms with Gasteiger partial charge in [-0.2, -0.15) is 0 Å². The van der Waals surface area contributed by atoms with Crippen LogP contribution in [0.3, 0.4) is 0 Å². The molecule has 0 aliphatic rings. The number of nitrogens with one attached hydrogen (secondary N) is 1. The van der Waals surface area contributed by atoms with Crippen LogP contribution < -0.4 is 15.8 Å². The third kappa shape index (κ3) is 6.60. The van der Waals surface area contributed by atoms with E-state index in [1.54, 1.807) is 0 Å². The van der Waals surface area contributed by atoms with E-state index in [0.29, 0.717) is 6.04 Å². The molecule has 19 heavy (non-hydrogen) atoms. The highest BCUT2D eigenvalue weighted by atomic mass is 16.5. The number of nitrogens with two attached hydrogens (primary N) is 1. The molecule has 0 amide bonds. The summed E-state index contributed by atoms with van der Waals surface area (Å²) in [6.45, 7) is 8.97. The van der Waals surface area contributed by atoms with Crippen molar-refractivity contribution in [3.63, 3.8) is 0 Å². The molecule has 0 radical (unpaired) electrons. The molecule has 1 atom stereocenters. The van der Waals surface area contributed by atoms with Crippen LogP contribution in [0.4, 0.5) is 0 Å². The van der Waals surface area contributed by atoms with Gasteiger partial charge in [-0.1, -0.05) is 12.1 Å². The van der Waals surface area contributed by atoms with E-state index >= 15 is 0 Å². The molecule has 3 heteroatoms. The topological polar surface area (TPSA) is 47.3 Å². The smallest absolute Gasteiger partial charge is 0.122 e. The average molecular weight is 264 g/mol. The number of ether oxygens (including phenoxy) is 1.